The van der Waals surface area contributed by atoms with Gasteiger partial charge in [-0.15, -0.1) is 0 Å². The van der Waals surface area contributed by atoms with Crippen LogP contribution in [-0.4, -0.2) is 35.1 Å². The van der Waals surface area contributed by atoms with Crippen LogP contribution >= 0.6 is 0 Å². The lowest BCUT2D eigenvalue weighted by molar-refractivity contribution is 0.0474. The first-order valence-corrected chi connectivity index (χ1v) is 6.27. The highest BCUT2D eigenvalue weighted by Gasteiger charge is 2.22. The van der Waals surface area contributed by atoms with Crippen molar-refractivity contribution >= 4 is 5.91 Å². The Morgan fingerprint density at radius 3 is 2.71 bits per heavy atom. The average molecular weight is 233 g/mol. The molecule has 1 unspecified atom stereocenters. The van der Waals surface area contributed by atoms with Crippen LogP contribution < -0.4 is 0 Å². The summed E-state index contributed by atoms with van der Waals surface area (Å²) in [5.74, 6) is 0.0337. The minimum absolute atomic E-state index is 0.0337. The molecule has 0 spiro atoms. The van der Waals surface area contributed by atoms with E-state index in [9.17, 15) is 9.90 Å². The topological polar surface area (TPSA) is 40.5 Å². The van der Waals surface area contributed by atoms with E-state index in [0.717, 1.165) is 31.4 Å². The van der Waals surface area contributed by atoms with E-state index in [0.29, 0.717) is 6.54 Å². The number of aliphatic hydroxyl groups excluding tert-OH is 1. The Morgan fingerprint density at radius 1 is 1.41 bits per heavy atom. The van der Waals surface area contributed by atoms with Crippen molar-refractivity contribution in [3.05, 3.63) is 35.4 Å². The highest BCUT2D eigenvalue weighted by atomic mass is 16.3. The SMILES string of the molecule is CCc1ccc(C(=O)N2CCCC(O)C2)cc1. The molecule has 0 aromatic heterocycles. The Bertz CT molecular complexity index is 386. The Kier molecular flexibility index (Phi) is 3.79. The number of aryl methyl sites for hydroxylation is 1. The zero-order valence-electron chi connectivity index (χ0n) is 10.2. The summed E-state index contributed by atoms with van der Waals surface area (Å²) >= 11 is 0. The van der Waals surface area contributed by atoms with Crippen molar-refractivity contribution < 1.29 is 9.90 Å². The molecule has 92 valence electrons. The van der Waals surface area contributed by atoms with Gasteiger partial charge in [0.25, 0.3) is 5.91 Å². The molecular weight excluding hydrogens is 214 g/mol. The molecule has 0 bridgehead atoms. The standard InChI is InChI=1S/C14H19NO2/c1-2-11-5-7-12(8-6-11)14(17)15-9-3-4-13(16)10-15/h5-8,13,16H,2-4,9-10H2,1H3. The van der Waals surface area contributed by atoms with E-state index in [-0.39, 0.29) is 12.0 Å². The Hall–Kier alpha value is -1.35. The van der Waals surface area contributed by atoms with Crippen LogP contribution in [-0.2, 0) is 6.42 Å². The molecule has 1 heterocycles. The Labute approximate surface area is 102 Å². The molecule has 2 rings (SSSR count). The van der Waals surface area contributed by atoms with Crippen molar-refractivity contribution in [3.63, 3.8) is 0 Å². The molecule has 1 saturated heterocycles. The molecule has 0 radical (unpaired) electrons. The molecule has 1 amide bonds. The average Bonchev–Trinajstić information content (AvgIpc) is 2.38. The molecule has 17 heavy (non-hydrogen) atoms. The molecule has 0 saturated carbocycles. The summed E-state index contributed by atoms with van der Waals surface area (Å²) in [6.07, 6.45) is 2.32. The van der Waals surface area contributed by atoms with Gasteiger partial charge in [0.1, 0.15) is 0 Å². The molecule has 1 N–H and O–H groups in total. The number of aliphatic hydroxyl groups is 1. The van der Waals surface area contributed by atoms with Crippen LogP contribution in [0.4, 0.5) is 0 Å². The molecule has 1 aromatic rings. The number of rotatable bonds is 2. The second-order valence-electron chi connectivity index (χ2n) is 4.60. The third-order valence-corrected chi connectivity index (χ3v) is 3.29. The fourth-order valence-electron chi connectivity index (χ4n) is 2.20. The smallest absolute Gasteiger partial charge is 0.253 e. The van der Waals surface area contributed by atoms with Gasteiger partial charge in [0.2, 0.25) is 0 Å². The van der Waals surface area contributed by atoms with Gasteiger partial charge >= 0.3 is 0 Å². The number of hydrogen-bond acceptors (Lipinski definition) is 2. The second-order valence-corrected chi connectivity index (χ2v) is 4.60. The monoisotopic (exact) mass is 233 g/mol. The Balaban J connectivity index is 2.07. The number of carbonyl (C=O) groups is 1. The molecule has 3 nitrogen and oxygen atoms in total. The van der Waals surface area contributed by atoms with Gasteiger partial charge in [-0.25, -0.2) is 0 Å². The first kappa shape index (κ1) is 12.1. The molecule has 1 atom stereocenters. The van der Waals surface area contributed by atoms with E-state index in [1.54, 1.807) is 4.90 Å². The minimum atomic E-state index is -0.359. The number of piperidine rings is 1. The molecule has 3 heteroatoms. The van der Waals surface area contributed by atoms with Gasteiger partial charge in [-0.05, 0) is 37.0 Å². The van der Waals surface area contributed by atoms with Gasteiger partial charge in [0, 0.05) is 18.7 Å². The van der Waals surface area contributed by atoms with Gasteiger partial charge in [0.15, 0.2) is 0 Å². The summed E-state index contributed by atoms with van der Waals surface area (Å²) in [4.78, 5) is 13.9. The molecule has 0 aliphatic carbocycles. The molecule has 1 aliphatic rings. The van der Waals surface area contributed by atoms with Crippen LogP contribution in [0.5, 0.6) is 0 Å². The maximum atomic E-state index is 12.2. The lowest BCUT2D eigenvalue weighted by Gasteiger charge is -2.30. The van der Waals surface area contributed by atoms with Gasteiger partial charge in [0.05, 0.1) is 6.10 Å². The predicted molar refractivity (Wildman–Crippen MR) is 67.0 cm³/mol. The summed E-state index contributed by atoms with van der Waals surface area (Å²) < 4.78 is 0. The molecular formula is C14H19NO2. The highest BCUT2D eigenvalue weighted by molar-refractivity contribution is 5.94. The van der Waals surface area contributed by atoms with Crippen molar-refractivity contribution in [2.75, 3.05) is 13.1 Å². The van der Waals surface area contributed by atoms with E-state index in [1.807, 2.05) is 24.3 Å². The quantitative estimate of drug-likeness (QED) is 0.846. The lowest BCUT2D eigenvalue weighted by atomic mass is 10.1. The van der Waals surface area contributed by atoms with Gasteiger partial charge in [-0.3, -0.25) is 4.79 Å². The Morgan fingerprint density at radius 2 is 2.12 bits per heavy atom. The second kappa shape index (κ2) is 5.32. The van der Waals surface area contributed by atoms with Gasteiger partial charge < -0.3 is 10.0 Å². The van der Waals surface area contributed by atoms with Crippen molar-refractivity contribution in [1.82, 2.24) is 4.90 Å². The fourth-order valence-corrected chi connectivity index (χ4v) is 2.20. The van der Waals surface area contributed by atoms with Crippen LogP contribution in [0.15, 0.2) is 24.3 Å². The zero-order valence-corrected chi connectivity index (χ0v) is 10.2. The predicted octanol–water partition coefficient (Wildman–Crippen LogP) is 1.85. The first-order valence-electron chi connectivity index (χ1n) is 6.27. The maximum Gasteiger partial charge on any atom is 0.253 e. The first-order chi connectivity index (χ1) is 8.20. The number of amides is 1. The third-order valence-electron chi connectivity index (χ3n) is 3.29. The van der Waals surface area contributed by atoms with E-state index in [1.165, 1.54) is 5.56 Å². The number of β-amino-alcohol motifs (C(OH)–C–C–N with tert-alkyl or cyclic N) is 1. The van der Waals surface area contributed by atoms with E-state index >= 15 is 0 Å². The summed E-state index contributed by atoms with van der Waals surface area (Å²) in [6.45, 7) is 3.32. The van der Waals surface area contributed by atoms with Crippen LogP contribution in [0.2, 0.25) is 0 Å². The van der Waals surface area contributed by atoms with Crippen LogP contribution in [0.1, 0.15) is 35.7 Å². The maximum absolute atomic E-state index is 12.2. The molecule has 1 fully saturated rings. The number of likely N-dealkylation sites (tertiary alicyclic amines) is 1. The highest BCUT2D eigenvalue weighted by Crippen LogP contribution is 2.14. The largest absolute Gasteiger partial charge is 0.391 e. The van der Waals surface area contributed by atoms with Gasteiger partial charge in [-0.1, -0.05) is 19.1 Å². The third kappa shape index (κ3) is 2.86. The minimum Gasteiger partial charge on any atom is -0.391 e. The van der Waals surface area contributed by atoms with Crippen LogP contribution in [0.3, 0.4) is 0 Å². The van der Waals surface area contributed by atoms with Gasteiger partial charge in [-0.2, -0.15) is 0 Å². The molecule has 1 aromatic carbocycles. The number of benzene rings is 1. The number of hydrogen-bond donors (Lipinski definition) is 1. The number of carbonyl (C=O) groups excluding carboxylic acids is 1. The van der Waals surface area contributed by atoms with E-state index < -0.39 is 0 Å². The van der Waals surface area contributed by atoms with E-state index in [2.05, 4.69) is 6.92 Å². The summed E-state index contributed by atoms with van der Waals surface area (Å²) in [6, 6.07) is 7.74. The summed E-state index contributed by atoms with van der Waals surface area (Å²) in [5.41, 5.74) is 1.96. The lowest BCUT2D eigenvalue weighted by Crippen LogP contribution is -2.42. The van der Waals surface area contributed by atoms with Crippen molar-refractivity contribution in [1.29, 1.82) is 0 Å². The van der Waals surface area contributed by atoms with Crippen molar-refractivity contribution in [2.45, 2.75) is 32.3 Å². The fraction of sp³-hybridized carbons (Fsp3) is 0.500. The van der Waals surface area contributed by atoms with Crippen LogP contribution in [0.25, 0.3) is 0 Å². The van der Waals surface area contributed by atoms with Crippen molar-refractivity contribution in [3.8, 4) is 0 Å². The zero-order chi connectivity index (χ0) is 12.3. The summed E-state index contributed by atoms with van der Waals surface area (Å²) in [7, 11) is 0. The van der Waals surface area contributed by atoms with Crippen molar-refractivity contribution in [2.24, 2.45) is 0 Å². The number of nitrogens with zero attached hydrogens (tertiary/aromatic N) is 1. The summed E-state index contributed by atoms with van der Waals surface area (Å²) in [5, 5.41) is 9.56. The van der Waals surface area contributed by atoms with Crippen LogP contribution in [0, 0.1) is 0 Å². The molecule has 1 aliphatic heterocycles. The van der Waals surface area contributed by atoms with E-state index in [4.69, 9.17) is 0 Å². The normalized spacial score (nSPS) is 20.4.